The molecule has 1 saturated heterocycles. The molecule has 0 unspecified atom stereocenters. The number of likely N-dealkylation sites (tertiary alicyclic amines) is 1. The lowest BCUT2D eigenvalue weighted by molar-refractivity contribution is -0.143. The summed E-state index contributed by atoms with van der Waals surface area (Å²) in [5, 5.41) is 9.97. The largest absolute Gasteiger partial charge is 0.435 e. The van der Waals surface area contributed by atoms with Gasteiger partial charge in [-0.3, -0.25) is 9.59 Å². The van der Waals surface area contributed by atoms with E-state index in [9.17, 15) is 27.2 Å². The van der Waals surface area contributed by atoms with Gasteiger partial charge in [0.15, 0.2) is 11.4 Å². The number of alkyl halides is 3. The van der Waals surface area contributed by atoms with Crippen molar-refractivity contribution < 1.29 is 27.2 Å². The summed E-state index contributed by atoms with van der Waals surface area (Å²) >= 11 is 0. The summed E-state index contributed by atoms with van der Waals surface area (Å²) in [6.07, 6.45) is -3.15. The van der Waals surface area contributed by atoms with Crippen LogP contribution in [-0.2, 0) is 17.4 Å². The van der Waals surface area contributed by atoms with Crippen molar-refractivity contribution in [2.24, 2.45) is 0 Å². The second-order valence-electron chi connectivity index (χ2n) is 8.29. The number of carbonyl (C=O) groups is 2. The predicted molar refractivity (Wildman–Crippen MR) is 118 cm³/mol. The number of nitrogens with zero attached hydrogens (tertiary/aromatic N) is 4. The van der Waals surface area contributed by atoms with Gasteiger partial charge in [-0.15, -0.1) is 5.10 Å². The number of nitrogens with one attached hydrogen (secondary N) is 1. The molecule has 0 saturated carbocycles. The Bertz CT molecular complexity index is 1170. The van der Waals surface area contributed by atoms with Crippen LogP contribution in [0, 0.1) is 5.82 Å². The van der Waals surface area contributed by atoms with E-state index in [4.69, 9.17) is 0 Å². The molecule has 2 heterocycles. The Morgan fingerprint density at radius 1 is 1.00 bits per heavy atom. The molecule has 0 bridgehead atoms. The molecule has 0 aliphatic carbocycles. The highest BCUT2D eigenvalue weighted by Crippen LogP contribution is 2.33. The van der Waals surface area contributed by atoms with Crippen LogP contribution in [0.25, 0.3) is 5.69 Å². The molecule has 2 aromatic carbocycles. The number of rotatable bonds is 6. The Hall–Kier alpha value is -3.76. The van der Waals surface area contributed by atoms with Gasteiger partial charge >= 0.3 is 6.18 Å². The summed E-state index contributed by atoms with van der Waals surface area (Å²) in [4.78, 5) is 26.5. The molecule has 11 heteroatoms. The molecular formula is C24H23F4N5O2. The fourth-order valence-corrected chi connectivity index (χ4v) is 4.02. The number of hydrogen-bond acceptors (Lipinski definition) is 4. The van der Waals surface area contributed by atoms with Crippen LogP contribution in [0.3, 0.4) is 0 Å². The van der Waals surface area contributed by atoms with Crippen LogP contribution in [0.4, 0.5) is 17.6 Å². The number of piperidine rings is 1. The molecule has 1 aliphatic heterocycles. The summed E-state index contributed by atoms with van der Waals surface area (Å²) in [5.74, 6) is -1.62. The van der Waals surface area contributed by atoms with Crippen LogP contribution < -0.4 is 5.32 Å². The number of benzene rings is 2. The normalized spacial score (nSPS) is 14.7. The smallest absolute Gasteiger partial charge is 0.353 e. The van der Waals surface area contributed by atoms with Crippen molar-refractivity contribution in [3.63, 3.8) is 0 Å². The highest BCUT2D eigenvalue weighted by Gasteiger charge is 2.43. The molecule has 0 radical (unpaired) electrons. The number of aromatic nitrogens is 3. The summed E-state index contributed by atoms with van der Waals surface area (Å²) in [6.45, 7) is 0.340. The molecule has 2 amide bonds. The first-order chi connectivity index (χ1) is 16.7. The van der Waals surface area contributed by atoms with Crippen molar-refractivity contribution in [3.05, 3.63) is 77.4 Å². The van der Waals surface area contributed by atoms with E-state index in [1.54, 1.807) is 0 Å². The molecule has 4 rings (SSSR count). The van der Waals surface area contributed by atoms with Gasteiger partial charge in [0.25, 0.3) is 5.91 Å². The van der Waals surface area contributed by atoms with E-state index in [-0.39, 0.29) is 30.7 Å². The maximum atomic E-state index is 13.8. The first-order valence-corrected chi connectivity index (χ1v) is 11.1. The minimum absolute atomic E-state index is 0.0674. The van der Waals surface area contributed by atoms with Gasteiger partial charge < -0.3 is 10.2 Å². The quantitative estimate of drug-likeness (QED) is 0.535. The van der Waals surface area contributed by atoms with E-state index in [1.165, 1.54) is 4.90 Å². The lowest BCUT2D eigenvalue weighted by Crippen LogP contribution is -2.47. The van der Waals surface area contributed by atoms with Gasteiger partial charge in [0.1, 0.15) is 5.82 Å². The van der Waals surface area contributed by atoms with Gasteiger partial charge in [-0.05, 0) is 49.1 Å². The molecule has 1 N–H and O–H groups in total. The Labute approximate surface area is 198 Å². The maximum Gasteiger partial charge on any atom is 0.435 e. The molecule has 7 nitrogen and oxygen atoms in total. The van der Waals surface area contributed by atoms with Gasteiger partial charge in [-0.25, -0.2) is 9.07 Å². The second kappa shape index (κ2) is 10.2. The number of hydrogen-bond donors (Lipinski definition) is 1. The Kier molecular flexibility index (Phi) is 7.13. The SMILES string of the molecule is O=C(CCc1ccccc1)NC1CCN(C(=O)c2nnn(-c3ccc(F)cc3)c2C(F)(F)F)CC1. The first kappa shape index (κ1) is 24.4. The summed E-state index contributed by atoms with van der Waals surface area (Å²) in [5.41, 5.74) is -1.14. The molecule has 3 aromatic rings. The molecule has 0 spiro atoms. The zero-order valence-electron chi connectivity index (χ0n) is 18.6. The van der Waals surface area contributed by atoms with Crippen LogP contribution in [-0.4, -0.2) is 50.8 Å². The Balaban J connectivity index is 1.38. The second-order valence-corrected chi connectivity index (χ2v) is 8.29. The van der Waals surface area contributed by atoms with Gasteiger partial charge in [0.2, 0.25) is 5.91 Å². The minimum Gasteiger partial charge on any atom is -0.353 e. The zero-order chi connectivity index (χ0) is 25.0. The number of halogens is 4. The Morgan fingerprint density at radius 3 is 2.29 bits per heavy atom. The highest BCUT2D eigenvalue weighted by atomic mass is 19.4. The van der Waals surface area contributed by atoms with Crippen molar-refractivity contribution in [2.75, 3.05) is 13.1 Å². The van der Waals surface area contributed by atoms with Gasteiger partial charge in [0, 0.05) is 25.6 Å². The van der Waals surface area contributed by atoms with E-state index in [0.29, 0.717) is 30.4 Å². The maximum absolute atomic E-state index is 13.8. The van der Waals surface area contributed by atoms with E-state index in [1.807, 2.05) is 30.3 Å². The Morgan fingerprint density at radius 2 is 1.66 bits per heavy atom. The fourth-order valence-electron chi connectivity index (χ4n) is 4.02. The molecule has 184 valence electrons. The highest BCUT2D eigenvalue weighted by molar-refractivity contribution is 5.93. The van der Waals surface area contributed by atoms with Crippen LogP contribution in [0.2, 0.25) is 0 Å². The average Bonchev–Trinajstić information content (AvgIpc) is 3.30. The van der Waals surface area contributed by atoms with E-state index < -0.39 is 29.3 Å². The third-order valence-electron chi connectivity index (χ3n) is 5.84. The topological polar surface area (TPSA) is 80.1 Å². The summed E-state index contributed by atoms with van der Waals surface area (Å²) in [6, 6.07) is 13.7. The van der Waals surface area contributed by atoms with Crippen molar-refractivity contribution in [1.82, 2.24) is 25.2 Å². The van der Waals surface area contributed by atoms with Gasteiger partial charge in [-0.2, -0.15) is 13.2 Å². The number of amides is 2. The van der Waals surface area contributed by atoms with Crippen LogP contribution in [0.1, 0.15) is 41.0 Å². The van der Waals surface area contributed by atoms with Crippen LogP contribution >= 0.6 is 0 Å². The van der Waals surface area contributed by atoms with Crippen molar-refractivity contribution in [1.29, 1.82) is 0 Å². The fraction of sp³-hybridized carbons (Fsp3) is 0.333. The van der Waals surface area contributed by atoms with E-state index >= 15 is 0 Å². The van der Waals surface area contributed by atoms with Crippen LogP contribution in [0.5, 0.6) is 0 Å². The van der Waals surface area contributed by atoms with Gasteiger partial charge in [0.05, 0.1) is 5.69 Å². The lowest BCUT2D eigenvalue weighted by Gasteiger charge is -2.32. The lowest BCUT2D eigenvalue weighted by atomic mass is 10.0. The summed E-state index contributed by atoms with van der Waals surface area (Å²) < 4.78 is 55.2. The third-order valence-corrected chi connectivity index (χ3v) is 5.84. The minimum atomic E-state index is -4.91. The van der Waals surface area contributed by atoms with Crippen molar-refractivity contribution in [3.8, 4) is 5.69 Å². The third kappa shape index (κ3) is 5.84. The van der Waals surface area contributed by atoms with Crippen LogP contribution in [0.15, 0.2) is 54.6 Å². The molecule has 35 heavy (non-hydrogen) atoms. The van der Waals surface area contributed by atoms with E-state index in [2.05, 4.69) is 15.6 Å². The van der Waals surface area contributed by atoms with E-state index in [0.717, 1.165) is 29.8 Å². The number of carbonyl (C=O) groups excluding carboxylic acids is 2. The monoisotopic (exact) mass is 489 g/mol. The predicted octanol–water partition coefficient (Wildman–Crippen LogP) is 3.78. The standard InChI is InChI=1S/C24H23F4N5O2/c25-17-7-9-19(10-8-17)33-22(24(26,27)28)21(30-31-33)23(35)32-14-12-18(13-15-32)29-20(34)11-6-16-4-2-1-3-5-16/h1-5,7-10,18H,6,11-15H2,(H,29,34). The zero-order valence-corrected chi connectivity index (χ0v) is 18.6. The van der Waals surface area contributed by atoms with Crippen molar-refractivity contribution in [2.45, 2.75) is 37.9 Å². The van der Waals surface area contributed by atoms with Crippen molar-refractivity contribution >= 4 is 11.8 Å². The molecule has 1 aliphatic rings. The summed E-state index contributed by atoms with van der Waals surface area (Å²) in [7, 11) is 0. The first-order valence-electron chi connectivity index (χ1n) is 11.1. The average molecular weight is 489 g/mol. The molecule has 0 atom stereocenters. The molecular weight excluding hydrogens is 466 g/mol. The molecule has 1 aromatic heterocycles. The molecule has 1 fully saturated rings. The number of aryl methyl sites for hydroxylation is 1. The van der Waals surface area contributed by atoms with Gasteiger partial charge in [-0.1, -0.05) is 35.5 Å².